The standard InChI is InChI=1S/C19H21NO4.C2HF3O2/c1-20(2)5-4-10-8-16(24-3)19(23)18-12-9-15(22)14(21)7-11(12)6-13(20)17(10)18;3-2(4,5)1(6)7/h7-9,13H,4-6H2,1-3H3,(H2-,21,22,23);(H,6,7). The molecule has 1 unspecified atom stereocenters. The molecule has 1 aliphatic heterocycles. The Morgan fingerprint density at radius 3 is 2.26 bits per heavy atom. The minimum absolute atomic E-state index is 0.106. The smallest absolute Gasteiger partial charge is 0.430 e. The van der Waals surface area contributed by atoms with Gasteiger partial charge in [0.2, 0.25) is 0 Å². The number of ether oxygens (including phenoxy) is 1. The molecule has 0 saturated carbocycles. The van der Waals surface area contributed by atoms with Crippen molar-refractivity contribution >= 4 is 5.97 Å². The summed E-state index contributed by atoms with van der Waals surface area (Å²) in [4.78, 5) is 8.78. The lowest BCUT2D eigenvalue weighted by Gasteiger charge is -2.46. The van der Waals surface area contributed by atoms with Crippen LogP contribution in [0.5, 0.6) is 23.0 Å². The van der Waals surface area contributed by atoms with E-state index in [-0.39, 0.29) is 23.3 Å². The number of phenolic OH excluding ortho intramolecular Hbond substituents is 3. The van der Waals surface area contributed by atoms with Crippen LogP contribution in [-0.4, -0.2) is 59.7 Å². The van der Waals surface area contributed by atoms with Crippen molar-refractivity contribution in [2.24, 2.45) is 0 Å². The lowest BCUT2D eigenvalue weighted by atomic mass is 9.75. The van der Waals surface area contributed by atoms with Crippen LogP contribution in [0.4, 0.5) is 13.2 Å². The van der Waals surface area contributed by atoms with Gasteiger partial charge in [-0.15, -0.1) is 0 Å². The maximum atomic E-state index is 10.8. The average Bonchev–Trinajstić information content (AvgIpc) is 2.66. The van der Waals surface area contributed by atoms with Gasteiger partial charge >= 0.3 is 6.18 Å². The molecule has 4 rings (SSSR count). The number of phenols is 3. The van der Waals surface area contributed by atoms with Gasteiger partial charge in [0.25, 0.3) is 0 Å². The van der Waals surface area contributed by atoms with Crippen molar-refractivity contribution in [3.63, 3.8) is 0 Å². The van der Waals surface area contributed by atoms with Crippen molar-refractivity contribution in [2.75, 3.05) is 27.7 Å². The lowest BCUT2D eigenvalue weighted by molar-refractivity contribution is -0.923. The van der Waals surface area contributed by atoms with Crippen molar-refractivity contribution < 1.29 is 47.6 Å². The summed E-state index contributed by atoms with van der Waals surface area (Å²) in [6.45, 7) is 1.00. The first-order valence-electron chi connectivity index (χ1n) is 9.36. The number of halogens is 3. The Balaban J connectivity index is 0.000000339. The lowest BCUT2D eigenvalue weighted by Crippen LogP contribution is -2.49. The van der Waals surface area contributed by atoms with Crippen LogP contribution in [0.1, 0.15) is 22.7 Å². The fourth-order valence-electron chi connectivity index (χ4n) is 4.22. The molecule has 2 aliphatic rings. The molecule has 0 spiro atoms. The third kappa shape index (κ3) is 3.95. The molecule has 2 aromatic rings. The highest BCUT2D eigenvalue weighted by Gasteiger charge is 2.43. The SMILES string of the molecule is COc1cc2c3c(c1O)-c1cc(O)c(O)cc1CC3[N+](C)(C)CC2.O=C([O-])C(F)(F)F. The molecule has 3 N–H and O–H groups in total. The largest absolute Gasteiger partial charge is 0.542 e. The van der Waals surface area contributed by atoms with Gasteiger partial charge in [0.05, 0.1) is 27.7 Å². The van der Waals surface area contributed by atoms with Crippen LogP contribution in [0.25, 0.3) is 11.1 Å². The molecule has 0 saturated heterocycles. The number of carbonyl (C=O) groups is 1. The van der Waals surface area contributed by atoms with E-state index in [4.69, 9.17) is 14.6 Å². The Morgan fingerprint density at radius 2 is 1.71 bits per heavy atom. The molecule has 10 heteroatoms. The molecular weight excluding hydrogens is 419 g/mol. The molecule has 0 fully saturated rings. The summed E-state index contributed by atoms with van der Waals surface area (Å²) in [6.07, 6.45) is -3.51. The number of carbonyl (C=O) groups excluding carboxylic acids is 1. The molecule has 168 valence electrons. The first-order chi connectivity index (χ1) is 14.3. The van der Waals surface area contributed by atoms with Gasteiger partial charge in [-0.3, -0.25) is 0 Å². The van der Waals surface area contributed by atoms with Gasteiger partial charge in [-0.25, -0.2) is 0 Å². The monoisotopic (exact) mass is 441 g/mol. The molecule has 7 nitrogen and oxygen atoms in total. The van der Waals surface area contributed by atoms with Gasteiger partial charge in [-0.05, 0) is 34.9 Å². The van der Waals surface area contributed by atoms with E-state index in [9.17, 15) is 28.5 Å². The van der Waals surface area contributed by atoms with Crippen LogP contribution >= 0.6 is 0 Å². The van der Waals surface area contributed by atoms with Gasteiger partial charge in [0, 0.05) is 24.0 Å². The first-order valence-corrected chi connectivity index (χ1v) is 9.36. The van der Waals surface area contributed by atoms with E-state index in [1.165, 1.54) is 5.56 Å². The van der Waals surface area contributed by atoms with E-state index in [1.54, 1.807) is 19.2 Å². The van der Waals surface area contributed by atoms with Crippen molar-refractivity contribution in [3.8, 4) is 34.1 Å². The number of aliphatic carboxylic acids is 1. The average molecular weight is 441 g/mol. The number of nitrogens with zero attached hydrogens (tertiary/aromatic N) is 1. The van der Waals surface area contributed by atoms with Crippen LogP contribution < -0.4 is 9.84 Å². The van der Waals surface area contributed by atoms with E-state index in [1.807, 2.05) is 6.07 Å². The summed E-state index contributed by atoms with van der Waals surface area (Å²) >= 11 is 0. The van der Waals surface area contributed by atoms with Crippen LogP contribution in [0.15, 0.2) is 18.2 Å². The van der Waals surface area contributed by atoms with E-state index in [2.05, 4.69) is 14.1 Å². The van der Waals surface area contributed by atoms with Crippen LogP contribution in [0.2, 0.25) is 0 Å². The Morgan fingerprint density at radius 1 is 1.13 bits per heavy atom. The minimum atomic E-state index is -5.19. The Hall–Kier alpha value is -3.14. The molecule has 31 heavy (non-hydrogen) atoms. The van der Waals surface area contributed by atoms with Crippen molar-refractivity contribution in [1.82, 2.24) is 0 Å². The highest BCUT2D eigenvalue weighted by atomic mass is 19.4. The predicted octanol–water partition coefficient (Wildman–Crippen LogP) is 2.01. The molecule has 1 atom stereocenters. The summed E-state index contributed by atoms with van der Waals surface area (Å²) < 4.78 is 37.7. The number of benzene rings is 2. The fraction of sp³-hybridized carbons (Fsp3) is 0.381. The van der Waals surface area contributed by atoms with Gasteiger partial charge in [-0.1, -0.05) is 0 Å². The van der Waals surface area contributed by atoms with Crippen molar-refractivity contribution in [1.29, 1.82) is 0 Å². The van der Waals surface area contributed by atoms with Gasteiger partial charge in [0.15, 0.2) is 23.0 Å². The summed E-state index contributed by atoms with van der Waals surface area (Å²) in [5.41, 5.74) is 4.78. The zero-order valence-corrected chi connectivity index (χ0v) is 17.1. The Bertz CT molecular complexity index is 1050. The molecule has 1 aliphatic carbocycles. The maximum absolute atomic E-state index is 10.8. The minimum Gasteiger partial charge on any atom is -0.542 e. The van der Waals surface area contributed by atoms with Crippen LogP contribution in [0, 0.1) is 0 Å². The predicted molar refractivity (Wildman–Crippen MR) is 102 cm³/mol. The van der Waals surface area contributed by atoms with Crippen molar-refractivity contribution in [3.05, 3.63) is 34.9 Å². The summed E-state index contributed by atoms with van der Waals surface area (Å²) in [7, 11) is 5.94. The highest BCUT2D eigenvalue weighted by molar-refractivity contribution is 5.84. The molecule has 0 radical (unpaired) electrons. The fourth-order valence-corrected chi connectivity index (χ4v) is 4.22. The molecule has 2 aromatic carbocycles. The number of carboxylic acid groups (broad SMARTS) is 1. The number of alkyl halides is 3. The zero-order chi connectivity index (χ0) is 23.3. The molecule has 0 bridgehead atoms. The number of quaternary nitrogens is 1. The number of hydrogen-bond donors (Lipinski definition) is 3. The van der Waals surface area contributed by atoms with Gasteiger partial charge in [0.1, 0.15) is 12.0 Å². The number of rotatable bonds is 1. The third-order valence-corrected chi connectivity index (χ3v) is 5.86. The molecule has 1 heterocycles. The van der Waals surface area contributed by atoms with E-state index >= 15 is 0 Å². The zero-order valence-electron chi connectivity index (χ0n) is 17.1. The van der Waals surface area contributed by atoms with E-state index in [0.29, 0.717) is 5.75 Å². The summed E-state index contributed by atoms with van der Waals surface area (Å²) in [5.74, 6) is -2.74. The number of aromatic hydroxyl groups is 3. The summed E-state index contributed by atoms with van der Waals surface area (Å²) in [5, 5.41) is 39.5. The number of hydrogen-bond acceptors (Lipinski definition) is 6. The molecule has 0 aromatic heterocycles. The maximum Gasteiger partial charge on any atom is 0.430 e. The van der Waals surface area contributed by atoms with Gasteiger partial charge in [-0.2, -0.15) is 13.2 Å². The van der Waals surface area contributed by atoms with Crippen LogP contribution in [-0.2, 0) is 17.6 Å². The number of fused-ring (bicyclic) bond motifs is 2. The molecule has 0 amide bonds. The van der Waals surface area contributed by atoms with Crippen molar-refractivity contribution in [2.45, 2.75) is 25.1 Å². The topological polar surface area (TPSA) is 110 Å². The number of methoxy groups -OCH3 is 1. The second kappa shape index (κ2) is 7.52. The first kappa shape index (κ1) is 22.5. The number of likely N-dealkylation sites (N-methyl/N-ethyl adjacent to an activating group) is 1. The third-order valence-electron chi connectivity index (χ3n) is 5.86. The normalized spacial score (nSPS) is 18.2. The van der Waals surface area contributed by atoms with E-state index in [0.717, 1.165) is 46.1 Å². The quantitative estimate of drug-likeness (QED) is 0.461. The highest BCUT2D eigenvalue weighted by Crippen LogP contribution is 2.54. The summed E-state index contributed by atoms with van der Waals surface area (Å²) in [6, 6.07) is 5.30. The Labute approximate surface area is 176 Å². The molecular formula is C21H22F3NO6. The second-order valence-electron chi connectivity index (χ2n) is 8.13. The van der Waals surface area contributed by atoms with E-state index < -0.39 is 12.1 Å². The Kier molecular flexibility index (Phi) is 5.47. The number of carboxylic acids is 1. The van der Waals surface area contributed by atoms with Gasteiger partial charge < -0.3 is 34.4 Å². The van der Waals surface area contributed by atoms with Crippen LogP contribution in [0.3, 0.4) is 0 Å². The second-order valence-corrected chi connectivity index (χ2v) is 8.13.